The summed E-state index contributed by atoms with van der Waals surface area (Å²) >= 11 is 0. The van der Waals surface area contributed by atoms with E-state index in [0.717, 1.165) is 12.2 Å². The molecule has 1 heterocycles. The van der Waals surface area contributed by atoms with Crippen molar-refractivity contribution in [2.75, 3.05) is 20.3 Å². The maximum Gasteiger partial charge on any atom is 0.143 e. The van der Waals surface area contributed by atoms with Gasteiger partial charge >= 0.3 is 0 Å². The molecule has 0 saturated carbocycles. The number of benzene rings is 1. The number of tetrazole rings is 1. The highest BCUT2D eigenvalue weighted by molar-refractivity contribution is 5.35. The van der Waals surface area contributed by atoms with Crippen molar-refractivity contribution in [3.8, 4) is 5.69 Å². The minimum Gasteiger partial charge on any atom is -0.383 e. The smallest absolute Gasteiger partial charge is 0.143 e. The molecule has 2 aromatic rings. The second-order valence-corrected chi connectivity index (χ2v) is 4.02. The van der Waals surface area contributed by atoms with Gasteiger partial charge in [-0.15, -0.1) is 5.10 Å². The summed E-state index contributed by atoms with van der Waals surface area (Å²) in [7, 11) is 1.70. The SMILES string of the molecule is COCCNC(C)c1cccc(-n2cnnn2)c1. The molecular formula is C12H17N5O. The van der Waals surface area contributed by atoms with Gasteiger partial charge in [0.15, 0.2) is 0 Å². The van der Waals surface area contributed by atoms with E-state index in [1.54, 1.807) is 18.1 Å². The van der Waals surface area contributed by atoms with Crippen molar-refractivity contribution in [2.24, 2.45) is 0 Å². The molecule has 1 aromatic carbocycles. The first-order valence-corrected chi connectivity index (χ1v) is 5.87. The van der Waals surface area contributed by atoms with Crippen LogP contribution in [0.2, 0.25) is 0 Å². The van der Waals surface area contributed by atoms with Gasteiger partial charge in [0.05, 0.1) is 12.3 Å². The fraction of sp³-hybridized carbons (Fsp3) is 0.417. The van der Waals surface area contributed by atoms with Gasteiger partial charge < -0.3 is 10.1 Å². The first kappa shape index (κ1) is 12.7. The first-order chi connectivity index (χ1) is 8.81. The number of nitrogens with zero attached hydrogens (tertiary/aromatic N) is 4. The number of ether oxygens (including phenoxy) is 1. The van der Waals surface area contributed by atoms with Gasteiger partial charge in [-0.05, 0) is 35.0 Å². The molecule has 0 saturated heterocycles. The number of rotatable bonds is 6. The largest absolute Gasteiger partial charge is 0.383 e. The third-order valence-corrected chi connectivity index (χ3v) is 2.74. The highest BCUT2D eigenvalue weighted by Crippen LogP contribution is 2.15. The van der Waals surface area contributed by atoms with Crippen LogP contribution in [0, 0.1) is 0 Å². The van der Waals surface area contributed by atoms with Gasteiger partial charge in [0.2, 0.25) is 0 Å². The lowest BCUT2D eigenvalue weighted by atomic mass is 10.1. The van der Waals surface area contributed by atoms with E-state index in [9.17, 15) is 0 Å². The van der Waals surface area contributed by atoms with Crippen LogP contribution in [0.5, 0.6) is 0 Å². The van der Waals surface area contributed by atoms with Gasteiger partial charge in [0.25, 0.3) is 0 Å². The molecule has 0 bridgehead atoms. The molecule has 2 rings (SSSR count). The standard InChI is InChI=1S/C12H17N5O/c1-10(13-6-7-18-2)11-4-3-5-12(8-11)17-9-14-15-16-17/h3-5,8-10,13H,6-7H2,1-2H3. The van der Waals surface area contributed by atoms with Crippen LogP contribution in [-0.2, 0) is 4.74 Å². The Kier molecular flexibility index (Phi) is 4.38. The van der Waals surface area contributed by atoms with Gasteiger partial charge in [0.1, 0.15) is 6.33 Å². The average Bonchev–Trinajstić information content (AvgIpc) is 2.93. The normalized spacial score (nSPS) is 12.6. The summed E-state index contributed by atoms with van der Waals surface area (Å²) in [6.45, 7) is 3.65. The van der Waals surface area contributed by atoms with Crippen LogP contribution in [0.3, 0.4) is 0 Å². The number of hydrogen-bond donors (Lipinski definition) is 1. The van der Waals surface area contributed by atoms with Gasteiger partial charge in [-0.25, -0.2) is 4.68 Å². The Hall–Kier alpha value is -1.79. The van der Waals surface area contributed by atoms with Crippen molar-refractivity contribution in [1.29, 1.82) is 0 Å². The molecule has 0 aliphatic heterocycles. The number of hydrogen-bond acceptors (Lipinski definition) is 5. The quantitative estimate of drug-likeness (QED) is 0.770. The molecule has 0 aliphatic rings. The molecule has 0 aliphatic carbocycles. The molecule has 18 heavy (non-hydrogen) atoms. The van der Waals surface area contributed by atoms with Crippen LogP contribution in [0.15, 0.2) is 30.6 Å². The third kappa shape index (κ3) is 3.12. The lowest BCUT2D eigenvalue weighted by Crippen LogP contribution is -2.22. The predicted molar refractivity (Wildman–Crippen MR) is 67.4 cm³/mol. The highest BCUT2D eigenvalue weighted by Gasteiger charge is 2.06. The Labute approximate surface area is 106 Å². The summed E-state index contributed by atoms with van der Waals surface area (Å²) in [5, 5.41) is 14.5. The maximum atomic E-state index is 5.02. The lowest BCUT2D eigenvalue weighted by molar-refractivity contribution is 0.196. The van der Waals surface area contributed by atoms with E-state index in [1.165, 1.54) is 5.56 Å². The lowest BCUT2D eigenvalue weighted by Gasteiger charge is -2.14. The molecule has 1 aromatic heterocycles. The van der Waals surface area contributed by atoms with E-state index >= 15 is 0 Å². The van der Waals surface area contributed by atoms with Crippen LogP contribution in [0.1, 0.15) is 18.5 Å². The van der Waals surface area contributed by atoms with E-state index in [4.69, 9.17) is 4.74 Å². The number of aromatic nitrogens is 4. The van der Waals surface area contributed by atoms with Gasteiger partial charge in [-0.1, -0.05) is 12.1 Å². The molecule has 1 N–H and O–H groups in total. The van der Waals surface area contributed by atoms with Crippen LogP contribution in [-0.4, -0.2) is 40.5 Å². The molecular weight excluding hydrogens is 230 g/mol. The highest BCUT2D eigenvalue weighted by atomic mass is 16.5. The molecule has 1 atom stereocenters. The van der Waals surface area contributed by atoms with Crippen LogP contribution < -0.4 is 5.32 Å². The summed E-state index contributed by atoms with van der Waals surface area (Å²) in [6, 6.07) is 8.39. The molecule has 1 unspecified atom stereocenters. The van der Waals surface area contributed by atoms with E-state index < -0.39 is 0 Å². The Morgan fingerprint density at radius 2 is 2.33 bits per heavy atom. The van der Waals surface area contributed by atoms with Crippen molar-refractivity contribution in [3.05, 3.63) is 36.2 Å². The minimum atomic E-state index is 0.261. The molecule has 0 spiro atoms. The average molecular weight is 247 g/mol. The summed E-state index contributed by atoms with van der Waals surface area (Å²) in [6.07, 6.45) is 1.59. The van der Waals surface area contributed by atoms with Crippen LogP contribution in [0.4, 0.5) is 0 Å². The van der Waals surface area contributed by atoms with Crippen molar-refractivity contribution in [3.63, 3.8) is 0 Å². The van der Waals surface area contributed by atoms with Crippen LogP contribution in [0.25, 0.3) is 5.69 Å². The zero-order chi connectivity index (χ0) is 12.8. The van der Waals surface area contributed by atoms with E-state index in [1.807, 2.05) is 12.1 Å². The summed E-state index contributed by atoms with van der Waals surface area (Å²) in [4.78, 5) is 0. The Morgan fingerprint density at radius 1 is 1.44 bits per heavy atom. The summed E-state index contributed by atoms with van der Waals surface area (Å²) in [5.74, 6) is 0. The van der Waals surface area contributed by atoms with Crippen molar-refractivity contribution >= 4 is 0 Å². The maximum absolute atomic E-state index is 5.02. The molecule has 6 heteroatoms. The number of nitrogens with one attached hydrogen (secondary N) is 1. The zero-order valence-electron chi connectivity index (χ0n) is 10.6. The van der Waals surface area contributed by atoms with E-state index in [2.05, 4.69) is 39.9 Å². The van der Waals surface area contributed by atoms with E-state index in [-0.39, 0.29) is 6.04 Å². The molecule has 96 valence electrons. The van der Waals surface area contributed by atoms with Crippen molar-refractivity contribution in [1.82, 2.24) is 25.5 Å². The first-order valence-electron chi connectivity index (χ1n) is 5.87. The Balaban J connectivity index is 2.07. The van der Waals surface area contributed by atoms with Gasteiger partial charge in [0, 0.05) is 19.7 Å². The second-order valence-electron chi connectivity index (χ2n) is 4.02. The zero-order valence-corrected chi connectivity index (χ0v) is 10.6. The van der Waals surface area contributed by atoms with Gasteiger partial charge in [-0.3, -0.25) is 0 Å². The third-order valence-electron chi connectivity index (χ3n) is 2.74. The fourth-order valence-corrected chi connectivity index (χ4v) is 1.71. The van der Waals surface area contributed by atoms with Crippen molar-refractivity contribution in [2.45, 2.75) is 13.0 Å². The molecule has 6 nitrogen and oxygen atoms in total. The molecule has 0 fully saturated rings. The second kappa shape index (κ2) is 6.23. The van der Waals surface area contributed by atoms with Crippen molar-refractivity contribution < 1.29 is 4.74 Å². The summed E-state index contributed by atoms with van der Waals surface area (Å²) in [5.41, 5.74) is 2.15. The molecule has 0 radical (unpaired) electrons. The topological polar surface area (TPSA) is 64.9 Å². The minimum absolute atomic E-state index is 0.261. The fourth-order valence-electron chi connectivity index (χ4n) is 1.71. The Morgan fingerprint density at radius 3 is 3.06 bits per heavy atom. The predicted octanol–water partition coefficient (Wildman–Crippen LogP) is 0.959. The number of methoxy groups -OCH3 is 1. The summed E-state index contributed by atoms with van der Waals surface area (Å²) < 4.78 is 6.66. The monoisotopic (exact) mass is 247 g/mol. The van der Waals surface area contributed by atoms with Gasteiger partial charge in [-0.2, -0.15) is 0 Å². The molecule has 0 amide bonds. The van der Waals surface area contributed by atoms with Crippen LogP contribution >= 0.6 is 0 Å². The Bertz CT molecular complexity index is 471. The van der Waals surface area contributed by atoms with E-state index in [0.29, 0.717) is 6.61 Å².